The largest absolute Gasteiger partial charge is 0.492 e. The highest BCUT2D eigenvalue weighted by Gasteiger charge is 2.09. The number of aliphatic hydroxyl groups is 1. The van der Waals surface area contributed by atoms with Crippen molar-refractivity contribution >= 4 is 0 Å². The molecule has 0 amide bonds. The van der Waals surface area contributed by atoms with Gasteiger partial charge in [-0.2, -0.15) is 0 Å². The van der Waals surface area contributed by atoms with E-state index in [1.165, 1.54) is 19.1 Å². The summed E-state index contributed by atoms with van der Waals surface area (Å²) in [6, 6.07) is 4.49. The summed E-state index contributed by atoms with van der Waals surface area (Å²) in [5, 5.41) is 9.34. The van der Waals surface area contributed by atoms with Crippen LogP contribution in [0.25, 0.3) is 0 Å². The number of rotatable bonds is 5. The zero-order valence-electron chi connectivity index (χ0n) is 11.0. The highest BCUT2D eigenvalue weighted by atomic mass is 19.1. The van der Waals surface area contributed by atoms with Gasteiger partial charge in [0, 0.05) is 24.0 Å². The molecule has 1 N–H and O–H groups in total. The van der Waals surface area contributed by atoms with Crippen molar-refractivity contribution in [2.24, 2.45) is 0 Å². The van der Waals surface area contributed by atoms with Crippen LogP contribution in [-0.4, -0.2) is 21.3 Å². The second kappa shape index (κ2) is 5.84. The van der Waals surface area contributed by atoms with E-state index in [-0.39, 0.29) is 5.56 Å². The Balaban J connectivity index is 1.93. The number of halogens is 1. The summed E-state index contributed by atoms with van der Waals surface area (Å²) in [6.45, 7) is 4.54. The molecule has 1 atom stereocenters. The van der Waals surface area contributed by atoms with E-state index < -0.39 is 11.9 Å². The number of benzene rings is 1. The molecule has 5 heteroatoms. The van der Waals surface area contributed by atoms with Gasteiger partial charge in [0.05, 0.1) is 12.6 Å². The van der Waals surface area contributed by atoms with Gasteiger partial charge in [0.2, 0.25) is 0 Å². The average Bonchev–Trinajstić information content (AvgIpc) is 2.75. The lowest BCUT2D eigenvalue weighted by Crippen LogP contribution is -2.09. The second-order valence-electron chi connectivity index (χ2n) is 4.38. The van der Waals surface area contributed by atoms with E-state index in [1.807, 2.05) is 17.7 Å². The molecule has 0 aliphatic heterocycles. The molecule has 19 heavy (non-hydrogen) atoms. The molecule has 102 valence electrons. The van der Waals surface area contributed by atoms with Crippen molar-refractivity contribution < 1.29 is 14.2 Å². The molecular formula is C14H17FN2O2. The lowest BCUT2D eigenvalue weighted by atomic mass is 10.1. The molecule has 4 nitrogen and oxygen atoms in total. The van der Waals surface area contributed by atoms with Crippen LogP contribution in [0, 0.1) is 12.7 Å². The summed E-state index contributed by atoms with van der Waals surface area (Å²) in [4.78, 5) is 4.11. The normalized spacial score (nSPS) is 12.4. The zero-order chi connectivity index (χ0) is 13.8. The van der Waals surface area contributed by atoms with Crippen molar-refractivity contribution in [3.8, 4) is 5.75 Å². The van der Waals surface area contributed by atoms with Crippen LogP contribution in [-0.2, 0) is 6.54 Å². The molecule has 1 aromatic carbocycles. The maximum absolute atomic E-state index is 13.6. The first kappa shape index (κ1) is 13.5. The maximum Gasteiger partial charge on any atom is 0.132 e. The van der Waals surface area contributed by atoms with Crippen LogP contribution in [0.5, 0.6) is 5.75 Å². The lowest BCUT2D eigenvalue weighted by Gasteiger charge is -2.10. The fourth-order valence-electron chi connectivity index (χ4n) is 1.84. The molecule has 0 spiro atoms. The molecule has 2 aromatic rings. The van der Waals surface area contributed by atoms with Gasteiger partial charge in [0.15, 0.2) is 0 Å². The van der Waals surface area contributed by atoms with Crippen molar-refractivity contribution in [1.82, 2.24) is 9.55 Å². The summed E-state index contributed by atoms with van der Waals surface area (Å²) in [7, 11) is 0. The van der Waals surface area contributed by atoms with Crippen LogP contribution in [0.15, 0.2) is 30.6 Å². The first-order valence-corrected chi connectivity index (χ1v) is 6.16. The van der Waals surface area contributed by atoms with Gasteiger partial charge in [-0.15, -0.1) is 0 Å². The highest BCUT2D eigenvalue weighted by molar-refractivity contribution is 5.29. The van der Waals surface area contributed by atoms with E-state index in [0.717, 1.165) is 5.82 Å². The summed E-state index contributed by atoms with van der Waals surface area (Å²) >= 11 is 0. The number of nitrogens with zero attached hydrogens (tertiary/aromatic N) is 2. The van der Waals surface area contributed by atoms with E-state index in [9.17, 15) is 9.50 Å². The smallest absolute Gasteiger partial charge is 0.132 e. The number of hydrogen-bond donors (Lipinski definition) is 1. The van der Waals surface area contributed by atoms with Crippen molar-refractivity contribution in [2.75, 3.05) is 6.61 Å². The number of aliphatic hydroxyl groups excluding tert-OH is 1. The minimum atomic E-state index is -0.817. The summed E-state index contributed by atoms with van der Waals surface area (Å²) in [5.41, 5.74) is 0.276. The molecule has 1 heterocycles. The van der Waals surface area contributed by atoms with Crippen LogP contribution in [0.3, 0.4) is 0 Å². The molecule has 0 saturated heterocycles. The van der Waals surface area contributed by atoms with Gasteiger partial charge < -0.3 is 14.4 Å². The molecule has 0 bridgehead atoms. The van der Waals surface area contributed by atoms with E-state index in [4.69, 9.17) is 4.74 Å². The van der Waals surface area contributed by atoms with E-state index >= 15 is 0 Å². The second-order valence-corrected chi connectivity index (χ2v) is 4.38. The minimum absolute atomic E-state index is 0.276. The third-order valence-corrected chi connectivity index (χ3v) is 2.95. The summed E-state index contributed by atoms with van der Waals surface area (Å²) < 4.78 is 21.0. The third kappa shape index (κ3) is 3.32. The molecule has 0 aliphatic carbocycles. The van der Waals surface area contributed by atoms with Gasteiger partial charge in [0.1, 0.15) is 24.0 Å². The van der Waals surface area contributed by atoms with Crippen LogP contribution in [0.4, 0.5) is 4.39 Å². The van der Waals surface area contributed by atoms with Crippen molar-refractivity contribution in [2.45, 2.75) is 26.5 Å². The average molecular weight is 264 g/mol. The molecule has 0 aliphatic rings. The Kier molecular flexibility index (Phi) is 4.16. The Labute approximate surface area is 111 Å². The maximum atomic E-state index is 13.6. The fourth-order valence-corrected chi connectivity index (χ4v) is 1.84. The van der Waals surface area contributed by atoms with Crippen LogP contribution >= 0.6 is 0 Å². The molecule has 2 rings (SSSR count). The molecule has 1 aromatic heterocycles. The van der Waals surface area contributed by atoms with Crippen LogP contribution in [0.2, 0.25) is 0 Å². The molecule has 0 saturated carbocycles. The standard InChI is InChI=1S/C14H17FN2O2/c1-10(18)13-4-3-12(9-14(13)15)19-8-7-17-6-5-16-11(17)2/h3-6,9-10,18H,7-8H2,1-2H3/t10-/m0/s1. The monoisotopic (exact) mass is 264 g/mol. The SMILES string of the molecule is Cc1nccn1CCOc1ccc([C@H](C)O)c(F)c1. The summed E-state index contributed by atoms with van der Waals surface area (Å²) in [6.07, 6.45) is 2.78. The topological polar surface area (TPSA) is 47.3 Å². The number of aromatic nitrogens is 2. The Hall–Kier alpha value is -1.88. The first-order valence-electron chi connectivity index (χ1n) is 6.16. The number of ether oxygens (including phenoxy) is 1. The predicted molar refractivity (Wildman–Crippen MR) is 69.5 cm³/mol. The van der Waals surface area contributed by atoms with Gasteiger partial charge in [-0.05, 0) is 26.0 Å². The Morgan fingerprint density at radius 3 is 2.84 bits per heavy atom. The van der Waals surface area contributed by atoms with Crippen molar-refractivity contribution in [3.63, 3.8) is 0 Å². The molecule has 0 unspecified atom stereocenters. The predicted octanol–water partition coefficient (Wildman–Crippen LogP) is 2.46. The highest BCUT2D eigenvalue weighted by Crippen LogP contribution is 2.21. The third-order valence-electron chi connectivity index (χ3n) is 2.95. The van der Waals surface area contributed by atoms with Gasteiger partial charge in [-0.3, -0.25) is 0 Å². The van der Waals surface area contributed by atoms with Crippen LogP contribution in [0.1, 0.15) is 24.4 Å². The number of aryl methyl sites for hydroxylation is 1. The van der Waals surface area contributed by atoms with E-state index in [2.05, 4.69) is 4.98 Å². The Bertz CT molecular complexity index is 552. The van der Waals surface area contributed by atoms with Crippen molar-refractivity contribution in [3.05, 3.63) is 47.8 Å². The van der Waals surface area contributed by atoms with Crippen LogP contribution < -0.4 is 4.74 Å². The number of imidazole rings is 1. The van der Waals surface area contributed by atoms with Crippen molar-refractivity contribution in [1.29, 1.82) is 0 Å². The Morgan fingerprint density at radius 1 is 1.47 bits per heavy atom. The van der Waals surface area contributed by atoms with Gasteiger partial charge >= 0.3 is 0 Å². The number of hydrogen-bond acceptors (Lipinski definition) is 3. The first-order chi connectivity index (χ1) is 9.08. The minimum Gasteiger partial charge on any atom is -0.492 e. The van der Waals surface area contributed by atoms with Gasteiger partial charge in [0.25, 0.3) is 0 Å². The zero-order valence-corrected chi connectivity index (χ0v) is 11.0. The Morgan fingerprint density at radius 2 is 2.26 bits per heavy atom. The fraction of sp³-hybridized carbons (Fsp3) is 0.357. The summed E-state index contributed by atoms with van der Waals surface area (Å²) in [5.74, 6) is 0.921. The lowest BCUT2D eigenvalue weighted by molar-refractivity contribution is 0.194. The quantitative estimate of drug-likeness (QED) is 0.902. The van der Waals surface area contributed by atoms with Gasteiger partial charge in [-0.25, -0.2) is 9.37 Å². The van der Waals surface area contributed by atoms with E-state index in [1.54, 1.807) is 12.3 Å². The van der Waals surface area contributed by atoms with Gasteiger partial charge in [-0.1, -0.05) is 0 Å². The molecule has 0 radical (unpaired) electrons. The molecular weight excluding hydrogens is 247 g/mol. The molecule has 0 fully saturated rings. The van der Waals surface area contributed by atoms with E-state index in [0.29, 0.717) is 18.9 Å².